The number of carbonyl (C=O) groups is 2. The highest BCUT2D eigenvalue weighted by Gasteiger charge is 2.27. The Morgan fingerprint density at radius 3 is 2.77 bits per heavy atom. The minimum Gasteiger partial charge on any atom is -0.370 e. The molecule has 3 aromatic heterocycles. The molecule has 0 radical (unpaired) electrons. The zero-order valence-corrected chi connectivity index (χ0v) is 17.2. The number of nitrogens with one attached hydrogen (secondary N) is 2. The van der Waals surface area contributed by atoms with Gasteiger partial charge in [-0.1, -0.05) is 12.1 Å². The third-order valence-electron chi connectivity index (χ3n) is 5.28. The Labute approximate surface area is 177 Å². The molecule has 2 N–H and O–H groups in total. The van der Waals surface area contributed by atoms with Crippen LogP contribution < -0.4 is 16.2 Å². The van der Waals surface area contributed by atoms with Crippen molar-refractivity contribution >= 4 is 34.5 Å². The number of carbonyl (C=O) groups excluding carboxylic acids is 2. The van der Waals surface area contributed by atoms with Gasteiger partial charge in [0.2, 0.25) is 11.8 Å². The van der Waals surface area contributed by atoms with E-state index in [0.29, 0.717) is 38.1 Å². The summed E-state index contributed by atoms with van der Waals surface area (Å²) < 4.78 is 1.44. The monoisotopic (exact) mass is 425 g/mol. The lowest BCUT2D eigenvalue weighted by Crippen LogP contribution is -2.44. The number of likely N-dealkylation sites (tertiary alicyclic amines) is 1. The number of amides is 2. The van der Waals surface area contributed by atoms with Crippen molar-refractivity contribution in [2.75, 3.05) is 25.0 Å². The van der Waals surface area contributed by atoms with Crippen LogP contribution in [0.3, 0.4) is 0 Å². The molecule has 2 amide bonds. The van der Waals surface area contributed by atoms with Crippen molar-refractivity contribution in [1.29, 1.82) is 0 Å². The van der Waals surface area contributed by atoms with Crippen LogP contribution >= 0.6 is 11.3 Å². The SMILES string of the molecule is O=C(NCc1cccs1)C1CCN(C(=O)CNc2cnc3ccccn3c2=O)CC1. The number of aromatic nitrogens is 2. The van der Waals surface area contributed by atoms with Crippen molar-refractivity contribution in [1.82, 2.24) is 19.6 Å². The minimum absolute atomic E-state index is 0.0189. The van der Waals surface area contributed by atoms with Crippen molar-refractivity contribution in [3.8, 4) is 0 Å². The Morgan fingerprint density at radius 1 is 1.17 bits per heavy atom. The van der Waals surface area contributed by atoms with Crippen LogP contribution in [-0.2, 0) is 16.1 Å². The number of nitrogens with zero attached hydrogens (tertiary/aromatic N) is 3. The molecule has 0 unspecified atom stereocenters. The molecule has 0 saturated carbocycles. The highest BCUT2D eigenvalue weighted by atomic mass is 32.1. The van der Waals surface area contributed by atoms with Crippen LogP contribution in [0.1, 0.15) is 17.7 Å². The van der Waals surface area contributed by atoms with E-state index in [1.807, 2.05) is 23.6 Å². The molecule has 4 heterocycles. The van der Waals surface area contributed by atoms with Crippen LogP contribution in [0.15, 0.2) is 52.9 Å². The Bertz CT molecular complexity index is 1090. The van der Waals surface area contributed by atoms with Crippen LogP contribution in [0.5, 0.6) is 0 Å². The molecule has 0 bridgehead atoms. The lowest BCUT2D eigenvalue weighted by atomic mass is 9.96. The molecule has 156 valence electrons. The first-order valence-corrected chi connectivity index (χ1v) is 10.8. The molecule has 1 saturated heterocycles. The van der Waals surface area contributed by atoms with Crippen LogP contribution in [-0.4, -0.2) is 45.7 Å². The van der Waals surface area contributed by atoms with Gasteiger partial charge in [-0.05, 0) is 36.4 Å². The Hall–Kier alpha value is -3.20. The summed E-state index contributed by atoms with van der Waals surface area (Å²) in [6.45, 7) is 1.64. The van der Waals surface area contributed by atoms with Gasteiger partial charge in [0, 0.05) is 30.1 Å². The van der Waals surface area contributed by atoms with Gasteiger partial charge < -0.3 is 15.5 Å². The quantitative estimate of drug-likeness (QED) is 0.627. The first kappa shape index (κ1) is 20.1. The fourth-order valence-corrected chi connectivity index (χ4v) is 4.20. The summed E-state index contributed by atoms with van der Waals surface area (Å²) in [4.78, 5) is 44.5. The topological polar surface area (TPSA) is 95.8 Å². The van der Waals surface area contributed by atoms with Gasteiger partial charge in [0.05, 0.1) is 19.3 Å². The van der Waals surface area contributed by atoms with Gasteiger partial charge in [-0.3, -0.25) is 18.8 Å². The van der Waals surface area contributed by atoms with Crippen LogP contribution in [0, 0.1) is 5.92 Å². The molecule has 0 spiro atoms. The number of pyridine rings is 1. The molecule has 0 atom stereocenters. The summed E-state index contributed by atoms with van der Waals surface area (Å²) in [6.07, 6.45) is 4.38. The Morgan fingerprint density at radius 2 is 2.00 bits per heavy atom. The van der Waals surface area contributed by atoms with Gasteiger partial charge in [-0.2, -0.15) is 0 Å². The maximum Gasteiger partial charge on any atom is 0.281 e. The van der Waals surface area contributed by atoms with Crippen molar-refractivity contribution in [2.24, 2.45) is 5.92 Å². The lowest BCUT2D eigenvalue weighted by Gasteiger charge is -2.31. The van der Waals surface area contributed by atoms with Crippen LogP contribution in [0.2, 0.25) is 0 Å². The van der Waals surface area contributed by atoms with Crippen LogP contribution in [0.25, 0.3) is 5.65 Å². The van der Waals surface area contributed by atoms with E-state index in [9.17, 15) is 14.4 Å². The maximum atomic E-state index is 12.5. The first-order chi connectivity index (χ1) is 14.6. The highest BCUT2D eigenvalue weighted by Crippen LogP contribution is 2.18. The minimum atomic E-state index is -0.241. The largest absolute Gasteiger partial charge is 0.370 e. The molecule has 3 aromatic rings. The lowest BCUT2D eigenvalue weighted by molar-refractivity contribution is -0.134. The van der Waals surface area contributed by atoms with E-state index in [4.69, 9.17) is 0 Å². The molecular weight excluding hydrogens is 402 g/mol. The summed E-state index contributed by atoms with van der Waals surface area (Å²) in [5, 5.41) is 7.87. The number of fused-ring (bicyclic) bond motifs is 1. The number of hydrogen-bond acceptors (Lipinski definition) is 6. The zero-order valence-electron chi connectivity index (χ0n) is 16.4. The van der Waals surface area contributed by atoms with Gasteiger partial charge in [0.25, 0.3) is 5.56 Å². The van der Waals surface area contributed by atoms with E-state index in [0.717, 1.165) is 4.88 Å². The molecule has 0 aromatic carbocycles. The van der Waals surface area contributed by atoms with Crippen molar-refractivity contribution in [3.05, 3.63) is 63.3 Å². The highest BCUT2D eigenvalue weighted by molar-refractivity contribution is 7.09. The van der Waals surface area contributed by atoms with Gasteiger partial charge in [0.1, 0.15) is 11.3 Å². The van der Waals surface area contributed by atoms with E-state index in [1.165, 1.54) is 10.6 Å². The summed E-state index contributed by atoms with van der Waals surface area (Å²) in [5.74, 6) is -0.120. The van der Waals surface area contributed by atoms with E-state index in [1.54, 1.807) is 34.6 Å². The van der Waals surface area contributed by atoms with Gasteiger partial charge in [0.15, 0.2) is 0 Å². The molecule has 8 nitrogen and oxygen atoms in total. The van der Waals surface area contributed by atoms with E-state index < -0.39 is 0 Å². The smallest absolute Gasteiger partial charge is 0.281 e. The average Bonchev–Trinajstić information content (AvgIpc) is 3.31. The second-order valence-corrected chi connectivity index (χ2v) is 8.24. The van der Waals surface area contributed by atoms with Crippen molar-refractivity contribution in [3.63, 3.8) is 0 Å². The average molecular weight is 426 g/mol. The van der Waals surface area contributed by atoms with Gasteiger partial charge in [-0.15, -0.1) is 11.3 Å². The number of rotatable bonds is 6. The van der Waals surface area contributed by atoms with Crippen molar-refractivity contribution < 1.29 is 9.59 Å². The molecule has 0 aliphatic carbocycles. The third kappa shape index (κ3) is 4.51. The predicted molar refractivity (Wildman–Crippen MR) is 115 cm³/mol. The Kier molecular flexibility index (Phi) is 6.08. The molecule has 4 rings (SSSR count). The van der Waals surface area contributed by atoms with Gasteiger partial charge >= 0.3 is 0 Å². The summed E-state index contributed by atoms with van der Waals surface area (Å²) in [7, 11) is 0. The van der Waals surface area contributed by atoms with Gasteiger partial charge in [-0.25, -0.2) is 4.98 Å². The molecule has 9 heteroatoms. The molecule has 30 heavy (non-hydrogen) atoms. The number of anilines is 1. The summed E-state index contributed by atoms with van der Waals surface area (Å²) >= 11 is 1.62. The normalized spacial score (nSPS) is 14.6. The number of hydrogen-bond donors (Lipinski definition) is 2. The third-order valence-corrected chi connectivity index (χ3v) is 6.16. The van der Waals surface area contributed by atoms with Crippen molar-refractivity contribution in [2.45, 2.75) is 19.4 Å². The standard InChI is InChI=1S/C21H23N5O3S/c27-19(14-22-17-13-23-18-5-1-2-8-26(18)21(17)29)25-9-6-15(7-10-25)20(28)24-12-16-4-3-11-30-16/h1-5,8,11,13,15,22H,6-7,9-10,12,14H2,(H,24,28). The summed E-state index contributed by atoms with van der Waals surface area (Å²) in [5.41, 5.74) is 0.600. The zero-order chi connectivity index (χ0) is 20.9. The molecule has 1 aliphatic rings. The second-order valence-electron chi connectivity index (χ2n) is 7.21. The predicted octanol–water partition coefficient (Wildman–Crippen LogP) is 1.72. The molecule has 1 fully saturated rings. The maximum absolute atomic E-state index is 12.5. The first-order valence-electron chi connectivity index (χ1n) is 9.90. The Balaban J connectivity index is 1.26. The fraction of sp³-hybridized carbons (Fsp3) is 0.333. The summed E-state index contributed by atoms with van der Waals surface area (Å²) in [6, 6.07) is 9.27. The van der Waals surface area contributed by atoms with E-state index in [2.05, 4.69) is 15.6 Å². The number of piperidine rings is 1. The number of thiophene rings is 1. The molecule has 1 aliphatic heterocycles. The molecular formula is C21H23N5O3S. The van der Waals surface area contributed by atoms with E-state index >= 15 is 0 Å². The second kappa shape index (κ2) is 9.08. The van der Waals surface area contributed by atoms with E-state index in [-0.39, 0.29) is 35.5 Å². The van der Waals surface area contributed by atoms with Crippen LogP contribution in [0.4, 0.5) is 5.69 Å². The fourth-order valence-electron chi connectivity index (χ4n) is 3.55.